The largest absolute Gasteiger partial charge is 0.356 e. The Morgan fingerprint density at radius 1 is 1.20 bits per heavy atom. The third kappa shape index (κ3) is 11.7. The maximum Gasteiger partial charge on any atom is 0.221 e. The normalized spacial score (nSPS) is 10.3. The minimum Gasteiger partial charge on any atom is -0.356 e. The van der Waals surface area contributed by atoms with Crippen LogP contribution in [-0.4, -0.2) is 37.0 Å². The van der Waals surface area contributed by atoms with Crippen LogP contribution in [0.1, 0.15) is 33.1 Å². The lowest BCUT2D eigenvalue weighted by Gasteiger charge is -2.05. The van der Waals surface area contributed by atoms with E-state index in [1.165, 1.54) is 17.9 Å². The van der Waals surface area contributed by atoms with Crippen molar-refractivity contribution in [2.45, 2.75) is 33.1 Å². The molecule has 0 saturated heterocycles. The van der Waals surface area contributed by atoms with E-state index >= 15 is 0 Å². The smallest absolute Gasteiger partial charge is 0.221 e. The second-order valence-electron chi connectivity index (χ2n) is 3.40. The number of hydrogen-bond donors (Lipinski definition) is 2. The number of hydrogen-bond acceptors (Lipinski definition) is 3. The van der Waals surface area contributed by atoms with Crippen LogP contribution in [-0.2, 0) is 4.79 Å². The van der Waals surface area contributed by atoms with E-state index in [4.69, 9.17) is 0 Å². The first-order valence-electron chi connectivity index (χ1n) is 5.86. The Morgan fingerprint density at radius 2 is 2.00 bits per heavy atom. The molecule has 0 atom stereocenters. The molecule has 0 fully saturated rings. The third-order valence-electron chi connectivity index (χ3n) is 1.95. The van der Waals surface area contributed by atoms with Gasteiger partial charge in [0.25, 0.3) is 0 Å². The van der Waals surface area contributed by atoms with Crippen molar-refractivity contribution in [3.63, 3.8) is 0 Å². The van der Waals surface area contributed by atoms with E-state index in [2.05, 4.69) is 24.5 Å². The van der Waals surface area contributed by atoms with Crippen molar-refractivity contribution in [1.29, 1.82) is 0 Å². The van der Waals surface area contributed by atoms with Gasteiger partial charge in [-0.05, 0) is 30.9 Å². The zero-order valence-corrected chi connectivity index (χ0v) is 10.8. The monoisotopic (exact) mass is 232 g/mol. The molecule has 15 heavy (non-hydrogen) atoms. The Labute approximate surface area is 97.8 Å². The van der Waals surface area contributed by atoms with Gasteiger partial charge >= 0.3 is 0 Å². The number of nitrogens with one attached hydrogen (secondary N) is 2. The van der Waals surface area contributed by atoms with Gasteiger partial charge in [0.2, 0.25) is 5.91 Å². The van der Waals surface area contributed by atoms with Gasteiger partial charge in [0.05, 0.1) is 0 Å². The average Bonchev–Trinajstić information content (AvgIpc) is 2.25. The van der Waals surface area contributed by atoms with Gasteiger partial charge in [-0.15, -0.1) is 0 Å². The molecular formula is C11H24N2OS. The summed E-state index contributed by atoms with van der Waals surface area (Å²) in [6.07, 6.45) is 2.80. The molecule has 0 unspecified atom stereocenters. The van der Waals surface area contributed by atoms with E-state index in [9.17, 15) is 4.79 Å². The predicted octanol–water partition coefficient (Wildman–Crippen LogP) is 1.64. The van der Waals surface area contributed by atoms with Gasteiger partial charge in [-0.25, -0.2) is 0 Å². The molecule has 0 radical (unpaired) electrons. The number of carbonyl (C=O) groups is 1. The first kappa shape index (κ1) is 14.8. The minimum atomic E-state index is 0.160. The highest BCUT2D eigenvalue weighted by molar-refractivity contribution is 7.99. The molecular weight excluding hydrogens is 208 g/mol. The SMILES string of the molecule is CCCNC(=O)CCNCCCSCC. The molecule has 0 spiro atoms. The fourth-order valence-corrected chi connectivity index (χ4v) is 1.76. The summed E-state index contributed by atoms with van der Waals surface area (Å²) in [7, 11) is 0. The molecule has 0 aliphatic rings. The Hall–Kier alpha value is -0.220. The average molecular weight is 232 g/mol. The molecule has 3 nitrogen and oxygen atoms in total. The fourth-order valence-electron chi connectivity index (χ4n) is 1.12. The molecule has 2 N–H and O–H groups in total. The van der Waals surface area contributed by atoms with Gasteiger partial charge in [-0.3, -0.25) is 4.79 Å². The van der Waals surface area contributed by atoms with Crippen LogP contribution >= 0.6 is 11.8 Å². The van der Waals surface area contributed by atoms with Crippen LogP contribution in [0, 0.1) is 0 Å². The predicted molar refractivity (Wildman–Crippen MR) is 68.4 cm³/mol. The van der Waals surface area contributed by atoms with Crippen molar-refractivity contribution >= 4 is 17.7 Å². The summed E-state index contributed by atoms with van der Waals surface area (Å²) < 4.78 is 0. The highest BCUT2D eigenvalue weighted by atomic mass is 32.2. The number of amides is 1. The number of thioether (sulfide) groups is 1. The molecule has 1 amide bonds. The Balaban J connectivity index is 3.06. The molecule has 0 aromatic carbocycles. The van der Waals surface area contributed by atoms with Crippen molar-refractivity contribution < 1.29 is 4.79 Å². The van der Waals surface area contributed by atoms with Crippen molar-refractivity contribution in [1.82, 2.24) is 10.6 Å². The molecule has 0 bridgehead atoms. The second-order valence-corrected chi connectivity index (χ2v) is 4.79. The van der Waals surface area contributed by atoms with Crippen LogP contribution in [0.4, 0.5) is 0 Å². The zero-order chi connectivity index (χ0) is 11.4. The topological polar surface area (TPSA) is 41.1 Å². The Kier molecular flexibility index (Phi) is 11.7. The number of carbonyl (C=O) groups excluding carboxylic acids is 1. The Morgan fingerprint density at radius 3 is 2.67 bits per heavy atom. The molecule has 0 heterocycles. The van der Waals surface area contributed by atoms with Gasteiger partial charge in [0.15, 0.2) is 0 Å². The molecule has 0 aliphatic carbocycles. The van der Waals surface area contributed by atoms with Crippen LogP contribution in [0.3, 0.4) is 0 Å². The molecule has 0 aromatic heterocycles. The maximum absolute atomic E-state index is 11.2. The van der Waals surface area contributed by atoms with Crippen LogP contribution in [0.25, 0.3) is 0 Å². The lowest BCUT2D eigenvalue weighted by molar-refractivity contribution is -0.120. The van der Waals surface area contributed by atoms with E-state index in [1.54, 1.807) is 0 Å². The zero-order valence-electron chi connectivity index (χ0n) is 9.97. The van der Waals surface area contributed by atoms with Gasteiger partial charge in [0.1, 0.15) is 0 Å². The van der Waals surface area contributed by atoms with Gasteiger partial charge < -0.3 is 10.6 Å². The summed E-state index contributed by atoms with van der Waals surface area (Å²) in [5.74, 6) is 2.57. The van der Waals surface area contributed by atoms with Crippen molar-refractivity contribution in [3.05, 3.63) is 0 Å². The molecule has 0 aromatic rings. The summed E-state index contributed by atoms with van der Waals surface area (Å²) >= 11 is 1.96. The molecule has 90 valence electrons. The van der Waals surface area contributed by atoms with Crippen LogP contribution < -0.4 is 10.6 Å². The van der Waals surface area contributed by atoms with Crippen LogP contribution in [0.15, 0.2) is 0 Å². The third-order valence-corrected chi connectivity index (χ3v) is 2.93. The van der Waals surface area contributed by atoms with Gasteiger partial charge in [0, 0.05) is 19.5 Å². The number of rotatable bonds is 10. The van der Waals surface area contributed by atoms with Crippen LogP contribution in [0.5, 0.6) is 0 Å². The molecule has 4 heteroatoms. The lowest BCUT2D eigenvalue weighted by Crippen LogP contribution is -2.28. The first-order chi connectivity index (χ1) is 7.31. The van der Waals surface area contributed by atoms with E-state index in [1.807, 2.05) is 11.8 Å². The second kappa shape index (κ2) is 11.9. The summed E-state index contributed by atoms with van der Waals surface area (Å²) in [6, 6.07) is 0. The minimum absolute atomic E-state index is 0.160. The van der Waals surface area contributed by atoms with Gasteiger partial charge in [-0.1, -0.05) is 13.8 Å². The van der Waals surface area contributed by atoms with E-state index in [0.717, 1.165) is 26.1 Å². The fraction of sp³-hybridized carbons (Fsp3) is 0.909. The molecule has 0 aliphatic heterocycles. The summed E-state index contributed by atoms with van der Waals surface area (Å²) in [5.41, 5.74) is 0. The van der Waals surface area contributed by atoms with E-state index < -0.39 is 0 Å². The highest BCUT2D eigenvalue weighted by Crippen LogP contribution is 1.99. The van der Waals surface area contributed by atoms with Gasteiger partial charge in [-0.2, -0.15) is 11.8 Å². The van der Waals surface area contributed by atoms with E-state index in [0.29, 0.717) is 6.42 Å². The highest BCUT2D eigenvalue weighted by Gasteiger charge is 1.98. The molecule has 0 saturated carbocycles. The van der Waals surface area contributed by atoms with Crippen molar-refractivity contribution in [3.8, 4) is 0 Å². The standard InChI is InChI=1S/C11H24N2OS/c1-3-7-13-11(14)6-9-12-8-5-10-15-4-2/h12H,3-10H2,1-2H3,(H,13,14). The quantitative estimate of drug-likeness (QED) is 0.563. The summed E-state index contributed by atoms with van der Waals surface area (Å²) in [5, 5.41) is 6.14. The molecule has 0 rings (SSSR count). The van der Waals surface area contributed by atoms with Crippen molar-refractivity contribution in [2.75, 3.05) is 31.1 Å². The first-order valence-corrected chi connectivity index (χ1v) is 7.01. The lowest BCUT2D eigenvalue weighted by atomic mass is 10.3. The summed E-state index contributed by atoms with van der Waals surface area (Å²) in [4.78, 5) is 11.2. The van der Waals surface area contributed by atoms with Crippen molar-refractivity contribution in [2.24, 2.45) is 0 Å². The van der Waals surface area contributed by atoms with Crippen LogP contribution in [0.2, 0.25) is 0 Å². The summed E-state index contributed by atoms with van der Waals surface area (Å²) in [6.45, 7) is 6.85. The maximum atomic E-state index is 11.2. The van der Waals surface area contributed by atoms with E-state index in [-0.39, 0.29) is 5.91 Å². The Bertz CT molecular complexity index is 154.